The Morgan fingerprint density at radius 3 is 2.71 bits per heavy atom. The van der Waals surface area contributed by atoms with Gasteiger partial charge in [-0.3, -0.25) is 9.97 Å². The number of nitrogens with one attached hydrogen (secondary N) is 1. The molecule has 4 heteroatoms. The van der Waals surface area contributed by atoms with Crippen molar-refractivity contribution in [3.8, 4) is 0 Å². The molecule has 0 amide bonds. The van der Waals surface area contributed by atoms with Gasteiger partial charge in [-0.25, -0.2) is 0 Å². The molecule has 2 aromatic rings. The summed E-state index contributed by atoms with van der Waals surface area (Å²) in [5.74, 6) is 0. The number of rotatable bonds is 7. The van der Waals surface area contributed by atoms with Crippen molar-refractivity contribution in [2.45, 2.75) is 39.9 Å². The van der Waals surface area contributed by atoms with E-state index in [9.17, 15) is 0 Å². The van der Waals surface area contributed by atoms with Gasteiger partial charge >= 0.3 is 0 Å². The van der Waals surface area contributed by atoms with Crippen molar-refractivity contribution < 1.29 is 0 Å². The van der Waals surface area contributed by atoms with Crippen LogP contribution in [-0.2, 0) is 13.1 Å². The number of hydrogen-bond donors (Lipinski definition) is 1. The monoisotopic (exact) mass is 284 g/mol. The summed E-state index contributed by atoms with van der Waals surface area (Å²) in [5, 5.41) is 3.46. The maximum atomic E-state index is 4.42. The predicted octanol–water partition coefficient (Wildman–Crippen LogP) is 3.00. The topological polar surface area (TPSA) is 41.1 Å². The van der Waals surface area contributed by atoms with Crippen LogP contribution in [0.1, 0.15) is 32.0 Å². The summed E-state index contributed by atoms with van der Waals surface area (Å²) in [6.45, 7) is 9.07. The number of nitrogens with zero attached hydrogens (tertiary/aromatic N) is 3. The van der Waals surface area contributed by atoms with Gasteiger partial charge in [0.15, 0.2) is 0 Å². The van der Waals surface area contributed by atoms with Gasteiger partial charge in [0.05, 0.1) is 12.2 Å². The molecular formula is C17H24N4. The highest BCUT2D eigenvalue weighted by molar-refractivity contribution is 5.52. The molecule has 0 aliphatic rings. The Hall–Kier alpha value is -1.94. The fourth-order valence-corrected chi connectivity index (χ4v) is 2.23. The molecular weight excluding hydrogens is 260 g/mol. The van der Waals surface area contributed by atoms with E-state index in [-0.39, 0.29) is 0 Å². The molecule has 0 spiro atoms. The molecule has 0 fully saturated rings. The number of pyridine rings is 2. The zero-order valence-corrected chi connectivity index (χ0v) is 13.1. The van der Waals surface area contributed by atoms with E-state index in [2.05, 4.69) is 53.1 Å². The molecule has 0 aliphatic heterocycles. The third-order valence-electron chi connectivity index (χ3n) is 3.38. The van der Waals surface area contributed by atoms with Gasteiger partial charge in [0, 0.05) is 49.0 Å². The molecule has 2 rings (SSSR count). The molecule has 0 aromatic carbocycles. The molecule has 0 unspecified atom stereocenters. The molecule has 0 atom stereocenters. The Morgan fingerprint density at radius 1 is 1.19 bits per heavy atom. The average Bonchev–Trinajstić information content (AvgIpc) is 2.52. The Balaban J connectivity index is 2.17. The smallest absolute Gasteiger partial charge is 0.0602 e. The molecule has 0 radical (unpaired) electrons. The highest BCUT2D eigenvalue weighted by Gasteiger charge is 2.11. The summed E-state index contributed by atoms with van der Waals surface area (Å²) in [4.78, 5) is 11.0. The lowest BCUT2D eigenvalue weighted by Crippen LogP contribution is -2.27. The van der Waals surface area contributed by atoms with Crippen molar-refractivity contribution in [3.63, 3.8) is 0 Å². The van der Waals surface area contributed by atoms with E-state index in [1.165, 1.54) is 11.3 Å². The average molecular weight is 284 g/mol. The molecule has 0 saturated heterocycles. The van der Waals surface area contributed by atoms with Crippen LogP contribution in [0.3, 0.4) is 0 Å². The fourth-order valence-electron chi connectivity index (χ4n) is 2.23. The maximum absolute atomic E-state index is 4.42. The standard InChI is InChI=1S/C17H24N4/c1-4-21(13-16-7-5-6-9-19-16)17-8-10-18-11-15(17)12-20-14(2)3/h5-11,14,20H,4,12-13H2,1-3H3. The van der Waals surface area contributed by atoms with Crippen molar-refractivity contribution in [2.75, 3.05) is 11.4 Å². The first-order valence-electron chi connectivity index (χ1n) is 7.51. The van der Waals surface area contributed by atoms with E-state index in [1.54, 1.807) is 0 Å². The summed E-state index contributed by atoms with van der Waals surface area (Å²) in [6.07, 6.45) is 5.65. The second kappa shape index (κ2) is 7.74. The van der Waals surface area contributed by atoms with Gasteiger partial charge in [-0.2, -0.15) is 0 Å². The van der Waals surface area contributed by atoms with Gasteiger partial charge in [0.2, 0.25) is 0 Å². The minimum Gasteiger partial charge on any atom is -0.366 e. The van der Waals surface area contributed by atoms with Gasteiger partial charge in [-0.1, -0.05) is 19.9 Å². The minimum absolute atomic E-state index is 0.462. The SMILES string of the molecule is CCN(Cc1ccccn1)c1ccncc1CNC(C)C. The second-order valence-electron chi connectivity index (χ2n) is 5.38. The van der Waals surface area contributed by atoms with Gasteiger partial charge in [0.1, 0.15) is 0 Å². The van der Waals surface area contributed by atoms with Gasteiger partial charge in [0.25, 0.3) is 0 Å². The van der Waals surface area contributed by atoms with Crippen LogP contribution in [0.15, 0.2) is 42.9 Å². The van der Waals surface area contributed by atoms with E-state index in [1.807, 2.05) is 30.7 Å². The van der Waals surface area contributed by atoms with Crippen LogP contribution in [-0.4, -0.2) is 22.6 Å². The first kappa shape index (κ1) is 15.4. The van der Waals surface area contributed by atoms with Gasteiger partial charge in [-0.15, -0.1) is 0 Å². The number of aromatic nitrogens is 2. The third-order valence-corrected chi connectivity index (χ3v) is 3.38. The molecule has 21 heavy (non-hydrogen) atoms. The van der Waals surface area contributed by atoms with Gasteiger partial charge < -0.3 is 10.2 Å². The summed E-state index contributed by atoms with van der Waals surface area (Å²) in [6, 6.07) is 8.59. The van der Waals surface area contributed by atoms with Crippen molar-refractivity contribution in [3.05, 3.63) is 54.1 Å². The largest absolute Gasteiger partial charge is 0.366 e. The number of hydrogen-bond acceptors (Lipinski definition) is 4. The van der Waals surface area contributed by atoms with Crippen LogP contribution in [0.25, 0.3) is 0 Å². The van der Waals surface area contributed by atoms with Crippen LogP contribution < -0.4 is 10.2 Å². The molecule has 0 aliphatic carbocycles. The summed E-state index contributed by atoms with van der Waals surface area (Å²) in [7, 11) is 0. The lowest BCUT2D eigenvalue weighted by Gasteiger charge is -2.25. The van der Waals surface area contributed by atoms with E-state index in [0.29, 0.717) is 6.04 Å². The van der Waals surface area contributed by atoms with Crippen LogP contribution >= 0.6 is 0 Å². The second-order valence-corrected chi connectivity index (χ2v) is 5.38. The molecule has 2 heterocycles. The maximum Gasteiger partial charge on any atom is 0.0602 e. The first-order valence-corrected chi connectivity index (χ1v) is 7.51. The van der Waals surface area contributed by atoms with Crippen LogP contribution in [0.2, 0.25) is 0 Å². The third kappa shape index (κ3) is 4.53. The van der Waals surface area contributed by atoms with Crippen molar-refractivity contribution in [1.29, 1.82) is 0 Å². The van der Waals surface area contributed by atoms with Gasteiger partial charge in [-0.05, 0) is 25.1 Å². The van der Waals surface area contributed by atoms with E-state index in [0.717, 1.165) is 25.3 Å². The highest BCUT2D eigenvalue weighted by atomic mass is 15.1. The zero-order valence-electron chi connectivity index (χ0n) is 13.1. The zero-order chi connectivity index (χ0) is 15.1. The minimum atomic E-state index is 0.462. The predicted molar refractivity (Wildman–Crippen MR) is 87.2 cm³/mol. The van der Waals surface area contributed by atoms with Crippen molar-refractivity contribution in [2.24, 2.45) is 0 Å². The normalized spacial score (nSPS) is 10.9. The Kier molecular flexibility index (Phi) is 5.69. The first-order chi connectivity index (χ1) is 10.2. The number of anilines is 1. The molecule has 0 saturated carbocycles. The van der Waals surface area contributed by atoms with E-state index in [4.69, 9.17) is 0 Å². The Bertz CT molecular complexity index is 539. The van der Waals surface area contributed by atoms with E-state index < -0.39 is 0 Å². The Labute approximate surface area is 127 Å². The van der Waals surface area contributed by atoms with Crippen LogP contribution in [0.5, 0.6) is 0 Å². The summed E-state index contributed by atoms with van der Waals surface area (Å²) in [5.41, 5.74) is 3.54. The summed E-state index contributed by atoms with van der Waals surface area (Å²) >= 11 is 0. The Morgan fingerprint density at radius 2 is 2.05 bits per heavy atom. The molecule has 112 valence electrons. The molecule has 1 N–H and O–H groups in total. The van der Waals surface area contributed by atoms with Crippen molar-refractivity contribution in [1.82, 2.24) is 15.3 Å². The highest BCUT2D eigenvalue weighted by Crippen LogP contribution is 2.21. The molecule has 2 aromatic heterocycles. The van der Waals surface area contributed by atoms with Crippen LogP contribution in [0.4, 0.5) is 5.69 Å². The lowest BCUT2D eigenvalue weighted by atomic mass is 10.2. The fraction of sp³-hybridized carbons (Fsp3) is 0.412. The van der Waals surface area contributed by atoms with Crippen molar-refractivity contribution >= 4 is 5.69 Å². The quantitative estimate of drug-likeness (QED) is 0.848. The van der Waals surface area contributed by atoms with E-state index >= 15 is 0 Å². The molecule has 0 bridgehead atoms. The lowest BCUT2D eigenvalue weighted by molar-refractivity contribution is 0.586. The molecule has 4 nitrogen and oxygen atoms in total. The summed E-state index contributed by atoms with van der Waals surface area (Å²) < 4.78 is 0. The van der Waals surface area contributed by atoms with Crippen LogP contribution in [0, 0.1) is 0 Å².